The molecule has 2 aromatic rings. The van der Waals surface area contributed by atoms with Gasteiger partial charge < -0.3 is 10.7 Å². The van der Waals surface area contributed by atoms with E-state index in [1.54, 1.807) is 25.3 Å². The average Bonchev–Trinajstić information content (AvgIpc) is 2.48. The molecule has 0 bridgehead atoms. The van der Waals surface area contributed by atoms with Crippen molar-refractivity contribution in [3.8, 4) is 11.4 Å². The molecule has 4 nitrogen and oxygen atoms in total. The van der Waals surface area contributed by atoms with Crippen LogP contribution in [0.15, 0.2) is 18.3 Å². The van der Waals surface area contributed by atoms with Crippen molar-refractivity contribution in [2.75, 3.05) is 5.73 Å². The number of hydrogen-bond acceptors (Lipinski definition) is 3. The van der Waals surface area contributed by atoms with Crippen LogP contribution in [0.1, 0.15) is 5.69 Å². The number of H-pyrrole nitrogens is 1. The van der Waals surface area contributed by atoms with Crippen molar-refractivity contribution < 1.29 is 4.39 Å². The summed E-state index contributed by atoms with van der Waals surface area (Å²) in [4.78, 5) is 10.4. The summed E-state index contributed by atoms with van der Waals surface area (Å²) in [7, 11) is 0. The van der Waals surface area contributed by atoms with Crippen LogP contribution in [0.3, 0.4) is 0 Å². The maximum Gasteiger partial charge on any atom is 0.234 e. The summed E-state index contributed by atoms with van der Waals surface area (Å²) in [5, 5.41) is 0. The van der Waals surface area contributed by atoms with E-state index in [-0.39, 0.29) is 0 Å². The SMILES string of the molecule is Cc1[nH]c(-c2ccc(N)nc2)nc1F. The van der Waals surface area contributed by atoms with Crippen LogP contribution in [0.25, 0.3) is 11.4 Å². The van der Waals surface area contributed by atoms with Crippen molar-refractivity contribution in [1.82, 2.24) is 15.0 Å². The number of pyridine rings is 1. The van der Waals surface area contributed by atoms with Crippen molar-refractivity contribution in [2.45, 2.75) is 6.92 Å². The highest BCUT2D eigenvalue weighted by Crippen LogP contribution is 2.16. The fourth-order valence-corrected chi connectivity index (χ4v) is 1.12. The van der Waals surface area contributed by atoms with Crippen LogP contribution in [0.4, 0.5) is 10.2 Å². The minimum absolute atomic E-state index is 0.414. The number of halogens is 1. The van der Waals surface area contributed by atoms with Crippen LogP contribution in [0.2, 0.25) is 0 Å². The van der Waals surface area contributed by atoms with Gasteiger partial charge in [-0.2, -0.15) is 4.39 Å². The van der Waals surface area contributed by atoms with E-state index >= 15 is 0 Å². The largest absolute Gasteiger partial charge is 0.384 e. The predicted octanol–water partition coefficient (Wildman–Crippen LogP) is 1.50. The lowest BCUT2D eigenvalue weighted by molar-refractivity contribution is 0.582. The van der Waals surface area contributed by atoms with E-state index < -0.39 is 5.95 Å². The Morgan fingerprint density at radius 2 is 2.21 bits per heavy atom. The first-order valence-corrected chi connectivity index (χ1v) is 4.11. The molecule has 5 heteroatoms. The number of aromatic amines is 1. The molecule has 0 aromatic carbocycles. The van der Waals surface area contributed by atoms with Gasteiger partial charge in [0.1, 0.15) is 11.6 Å². The molecule has 0 unspecified atom stereocenters. The minimum Gasteiger partial charge on any atom is -0.384 e. The van der Waals surface area contributed by atoms with Gasteiger partial charge in [-0.15, -0.1) is 0 Å². The molecule has 2 heterocycles. The summed E-state index contributed by atoms with van der Waals surface area (Å²) in [6.45, 7) is 1.62. The highest BCUT2D eigenvalue weighted by molar-refractivity contribution is 5.55. The Kier molecular flexibility index (Phi) is 1.92. The zero-order valence-corrected chi connectivity index (χ0v) is 7.58. The molecule has 0 saturated carbocycles. The summed E-state index contributed by atoms with van der Waals surface area (Å²) in [6, 6.07) is 3.38. The Hall–Kier alpha value is -1.91. The molecule has 2 aromatic heterocycles. The van der Waals surface area contributed by atoms with Gasteiger partial charge in [0, 0.05) is 11.8 Å². The van der Waals surface area contributed by atoms with Gasteiger partial charge in [0.25, 0.3) is 0 Å². The van der Waals surface area contributed by atoms with Gasteiger partial charge in [0.2, 0.25) is 5.95 Å². The number of nitrogens with one attached hydrogen (secondary N) is 1. The van der Waals surface area contributed by atoms with Gasteiger partial charge in [-0.05, 0) is 19.1 Å². The van der Waals surface area contributed by atoms with Gasteiger partial charge >= 0.3 is 0 Å². The van der Waals surface area contributed by atoms with E-state index in [4.69, 9.17) is 5.73 Å². The second kappa shape index (κ2) is 3.10. The number of nitrogen functional groups attached to an aromatic ring is 1. The third kappa shape index (κ3) is 1.44. The Bertz CT molecular complexity index is 427. The molecule has 0 aliphatic rings. The topological polar surface area (TPSA) is 67.6 Å². The molecule has 0 aliphatic heterocycles. The summed E-state index contributed by atoms with van der Waals surface area (Å²) < 4.78 is 12.9. The number of imidazole rings is 1. The standard InChI is InChI=1S/C9H9FN4/c1-5-8(10)14-9(13-5)6-2-3-7(11)12-4-6/h2-4H,1H3,(H2,11,12)(H,13,14). The molecule has 2 rings (SSSR count). The fourth-order valence-electron chi connectivity index (χ4n) is 1.12. The maximum absolute atomic E-state index is 12.9. The normalized spacial score (nSPS) is 10.4. The second-order valence-electron chi connectivity index (χ2n) is 2.97. The first-order chi connectivity index (χ1) is 6.66. The number of rotatable bonds is 1. The van der Waals surface area contributed by atoms with Gasteiger partial charge in [0.05, 0.1) is 5.69 Å². The first kappa shape index (κ1) is 8.68. The van der Waals surface area contributed by atoms with Gasteiger partial charge in [-0.1, -0.05) is 0 Å². The molecule has 14 heavy (non-hydrogen) atoms. The molecule has 0 aliphatic carbocycles. The summed E-state index contributed by atoms with van der Waals surface area (Å²) >= 11 is 0. The lowest BCUT2D eigenvalue weighted by Crippen LogP contribution is -1.89. The number of nitrogens with zero attached hydrogens (tertiary/aromatic N) is 2. The van der Waals surface area contributed by atoms with Gasteiger partial charge in [-0.25, -0.2) is 9.97 Å². The number of nitrogens with two attached hydrogens (primary N) is 1. The molecule has 0 saturated heterocycles. The van der Waals surface area contributed by atoms with Crippen molar-refractivity contribution in [1.29, 1.82) is 0 Å². The maximum atomic E-state index is 12.9. The van der Waals surface area contributed by atoms with Gasteiger partial charge in [-0.3, -0.25) is 0 Å². The monoisotopic (exact) mass is 192 g/mol. The molecular formula is C9H9FN4. The van der Waals surface area contributed by atoms with Gasteiger partial charge in [0.15, 0.2) is 0 Å². The molecular weight excluding hydrogens is 183 g/mol. The summed E-state index contributed by atoms with van der Waals surface area (Å²) in [6.07, 6.45) is 1.55. The van der Waals surface area contributed by atoms with E-state index in [2.05, 4.69) is 15.0 Å². The molecule has 3 N–H and O–H groups in total. The van der Waals surface area contributed by atoms with Crippen LogP contribution in [0, 0.1) is 12.9 Å². The lowest BCUT2D eigenvalue weighted by Gasteiger charge is -1.95. The molecule has 0 fully saturated rings. The predicted molar refractivity (Wildman–Crippen MR) is 50.9 cm³/mol. The summed E-state index contributed by atoms with van der Waals surface area (Å²) in [5.41, 5.74) is 6.55. The van der Waals surface area contributed by atoms with Crippen LogP contribution in [-0.4, -0.2) is 15.0 Å². The zero-order chi connectivity index (χ0) is 10.1. The van der Waals surface area contributed by atoms with Crippen LogP contribution >= 0.6 is 0 Å². The van der Waals surface area contributed by atoms with Crippen LogP contribution in [0.5, 0.6) is 0 Å². The minimum atomic E-state index is -0.489. The van der Waals surface area contributed by atoms with E-state index in [0.29, 0.717) is 22.9 Å². The third-order valence-corrected chi connectivity index (χ3v) is 1.89. The smallest absolute Gasteiger partial charge is 0.234 e. The van der Waals surface area contributed by atoms with E-state index in [1.165, 1.54) is 0 Å². The Morgan fingerprint density at radius 3 is 2.71 bits per heavy atom. The van der Waals surface area contributed by atoms with Crippen molar-refractivity contribution in [2.24, 2.45) is 0 Å². The van der Waals surface area contributed by atoms with E-state index in [1.807, 2.05) is 0 Å². The van der Waals surface area contributed by atoms with Crippen LogP contribution in [-0.2, 0) is 0 Å². The Labute approximate surface area is 80.0 Å². The van der Waals surface area contributed by atoms with Crippen molar-refractivity contribution in [3.05, 3.63) is 30.0 Å². The Balaban J connectivity index is 2.44. The molecule has 0 atom stereocenters. The number of aromatic nitrogens is 3. The van der Waals surface area contributed by atoms with E-state index in [9.17, 15) is 4.39 Å². The number of anilines is 1. The second-order valence-corrected chi connectivity index (χ2v) is 2.97. The fraction of sp³-hybridized carbons (Fsp3) is 0.111. The highest BCUT2D eigenvalue weighted by atomic mass is 19.1. The quantitative estimate of drug-likeness (QED) is 0.719. The lowest BCUT2D eigenvalue weighted by atomic mass is 10.3. The van der Waals surface area contributed by atoms with Crippen molar-refractivity contribution >= 4 is 5.82 Å². The molecule has 0 amide bonds. The first-order valence-electron chi connectivity index (χ1n) is 4.11. The number of aryl methyl sites for hydroxylation is 1. The molecule has 0 radical (unpaired) electrons. The third-order valence-electron chi connectivity index (χ3n) is 1.89. The van der Waals surface area contributed by atoms with E-state index in [0.717, 1.165) is 0 Å². The van der Waals surface area contributed by atoms with Crippen LogP contribution < -0.4 is 5.73 Å². The molecule has 72 valence electrons. The highest BCUT2D eigenvalue weighted by Gasteiger charge is 2.07. The average molecular weight is 192 g/mol. The number of hydrogen-bond donors (Lipinski definition) is 2. The summed E-state index contributed by atoms with van der Waals surface area (Å²) in [5.74, 6) is 0.404. The Morgan fingerprint density at radius 1 is 1.43 bits per heavy atom. The van der Waals surface area contributed by atoms with Crippen molar-refractivity contribution in [3.63, 3.8) is 0 Å². The zero-order valence-electron chi connectivity index (χ0n) is 7.58. The molecule has 0 spiro atoms.